The Hall–Kier alpha value is -2.82. The van der Waals surface area contributed by atoms with Crippen LogP contribution in [-0.2, 0) is 6.42 Å². The second-order valence-electron chi connectivity index (χ2n) is 5.93. The van der Waals surface area contributed by atoms with Gasteiger partial charge >= 0.3 is 0 Å². The zero-order valence-corrected chi connectivity index (χ0v) is 12.8. The highest BCUT2D eigenvalue weighted by molar-refractivity contribution is 5.95. The molecule has 1 aromatic carbocycles. The molecule has 4 rings (SSSR count). The second-order valence-corrected chi connectivity index (χ2v) is 5.93. The van der Waals surface area contributed by atoms with Gasteiger partial charge in [-0.2, -0.15) is 4.73 Å². The van der Waals surface area contributed by atoms with Gasteiger partial charge in [-0.25, -0.2) is 0 Å². The molecular weight excluding hydrogens is 290 g/mol. The van der Waals surface area contributed by atoms with Gasteiger partial charge in [0, 0.05) is 35.3 Å². The maximum atomic E-state index is 12.7. The van der Waals surface area contributed by atoms with Gasteiger partial charge < -0.3 is 15.1 Å². The molecule has 5 nitrogen and oxygen atoms in total. The summed E-state index contributed by atoms with van der Waals surface area (Å²) in [5.41, 5.74) is 4.08. The first kappa shape index (κ1) is 13.8. The summed E-state index contributed by atoms with van der Waals surface area (Å²) in [4.78, 5) is 18.1. The zero-order chi connectivity index (χ0) is 16.0. The number of benzene rings is 1. The Morgan fingerprint density at radius 1 is 1.26 bits per heavy atom. The summed E-state index contributed by atoms with van der Waals surface area (Å²) in [5.74, 6) is -0.0394. The minimum Gasteiger partial charge on any atom is -0.619 e. The van der Waals surface area contributed by atoms with Gasteiger partial charge in [-0.05, 0) is 25.0 Å². The normalized spacial score (nSPS) is 17.3. The average Bonchev–Trinajstić information content (AvgIpc) is 2.95. The first-order valence-corrected chi connectivity index (χ1v) is 7.74. The molecule has 0 spiro atoms. The van der Waals surface area contributed by atoms with Crippen LogP contribution >= 0.6 is 0 Å². The predicted octanol–water partition coefficient (Wildman–Crippen LogP) is 2.56. The van der Waals surface area contributed by atoms with Gasteiger partial charge in [0.2, 0.25) is 0 Å². The molecule has 1 aliphatic rings. The van der Waals surface area contributed by atoms with Crippen molar-refractivity contribution >= 4 is 16.8 Å². The molecule has 5 heteroatoms. The SMILES string of the molecule is C[C@H]1c2[nH]c3ccccc3c2CCN1C(=O)c1cc[n+]([O-])cc1. The first-order chi connectivity index (χ1) is 11.1. The smallest absolute Gasteiger partial charge is 0.254 e. The summed E-state index contributed by atoms with van der Waals surface area (Å²) in [7, 11) is 0. The molecular formula is C18H17N3O2. The summed E-state index contributed by atoms with van der Waals surface area (Å²) in [6.45, 7) is 2.73. The Balaban J connectivity index is 1.70. The summed E-state index contributed by atoms with van der Waals surface area (Å²) in [6, 6.07) is 11.4. The van der Waals surface area contributed by atoms with E-state index in [1.54, 1.807) is 12.1 Å². The molecule has 1 aliphatic heterocycles. The predicted molar refractivity (Wildman–Crippen MR) is 86.9 cm³/mol. The molecule has 0 fully saturated rings. The number of rotatable bonds is 1. The van der Waals surface area contributed by atoms with Crippen molar-refractivity contribution in [2.24, 2.45) is 0 Å². The Labute approximate surface area is 133 Å². The van der Waals surface area contributed by atoms with E-state index < -0.39 is 0 Å². The molecule has 23 heavy (non-hydrogen) atoms. The summed E-state index contributed by atoms with van der Waals surface area (Å²) >= 11 is 0. The van der Waals surface area contributed by atoms with Crippen molar-refractivity contribution < 1.29 is 9.52 Å². The van der Waals surface area contributed by atoms with Gasteiger partial charge in [0.25, 0.3) is 5.91 Å². The number of amides is 1. The Morgan fingerprint density at radius 2 is 2.00 bits per heavy atom. The fraction of sp³-hybridized carbons (Fsp3) is 0.222. The molecule has 0 saturated carbocycles. The summed E-state index contributed by atoms with van der Waals surface area (Å²) < 4.78 is 0.687. The molecule has 2 aromatic heterocycles. The fourth-order valence-electron chi connectivity index (χ4n) is 3.43. The number of aromatic amines is 1. The highest BCUT2D eigenvalue weighted by Gasteiger charge is 2.30. The number of carbonyl (C=O) groups is 1. The third kappa shape index (κ3) is 2.16. The van der Waals surface area contributed by atoms with E-state index in [1.807, 2.05) is 24.0 Å². The number of H-pyrrole nitrogens is 1. The number of aromatic nitrogens is 2. The molecule has 3 aromatic rings. The first-order valence-electron chi connectivity index (χ1n) is 7.74. The van der Waals surface area contributed by atoms with Crippen LogP contribution in [0, 0.1) is 5.21 Å². The van der Waals surface area contributed by atoms with Crippen molar-refractivity contribution in [3.8, 4) is 0 Å². The number of fused-ring (bicyclic) bond motifs is 3. The van der Waals surface area contributed by atoms with E-state index in [0.29, 0.717) is 16.8 Å². The Kier molecular flexibility index (Phi) is 3.08. The van der Waals surface area contributed by atoms with Crippen molar-refractivity contribution in [3.05, 3.63) is 70.8 Å². The van der Waals surface area contributed by atoms with Crippen LogP contribution in [0.2, 0.25) is 0 Å². The quantitative estimate of drug-likeness (QED) is 0.555. The van der Waals surface area contributed by atoms with Gasteiger partial charge in [0.1, 0.15) is 0 Å². The van der Waals surface area contributed by atoms with E-state index in [2.05, 4.69) is 17.1 Å². The van der Waals surface area contributed by atoms with Gasteiger partial charge in [0.15, 0.2) is 12.4 Å². The zero-order valence-electron chi connectivity index (χ0n) is 12.8. The lowest BCUT2D eigenvalue weighted by atomic mass is 9.97. The molecule has 0 unspecified atom stereocenters. The average molecular weight is 307 g/mol. The third-order valence-corrected chi connectivity index (χ3v) is 4.64. The van der Waals surface area contributed by atoms with Crippen LogP contribution in [0.1, 0.15) is 34.6 Å². The van der Waals surface area contributed by atoms with Crippen LogP contribution in [0.15, 0.2) is 48.8 Å². The van der Waals surface area contributed by atoms with E-state index in [9.17, 15) is 10.0 Å². The Morgan fingerprint density at radius 3 is 2.78 bits per heavy atom. The molecule has 3 heterocycles. The lowest BCUT2D eigenvalue weighted by Gasteiger charge is -2.33. The van der Waals surface area contributed by atoms with Crippen LogP contribution in [0.4, 0.5) is 0 Å². The van der Waals surface area contributed by atoms with Crippen LogP contribution in [-0.4, -0.2) is 22.3 Å². The molecule has 0 radical (unpaired) electrons. The molecule has 1 N–H and O–H groups in total. The van der Waals surface area contributed by atoms with Crippen molar-refractivity contribution in [2.45, 2.75) is 19.4 Å². The number of pyridine rings is 1. The van der Waals surface area contributed by atoms with Crippen molar-refractivity contribution in [3.63, 3.8) is 0 Å². The van der Waals surface area contributed by atoms with E-state index in [0.717, 1.165) is 17.6 Å². The number of nitrogens with zero attached hydrogens (tertiary/aromatic N) is 2. The van der Waals surface area contributed by atoms with E-state index in [-0.39, 0.29) is 11.9 Å². The Bertz CT molecular complexity index is 883. The summed E-state index contributed by atoms with van der Waals surface area (Å²) in [6.07, 6.45) is 3.55. The highest BCUT2D eigenvalue weighted by Crippen LogP contribution is 2.34. The van der Waals surface area contributed by atoms with E-state index >= 15 is 0 Å². The second kappa shape index (κ2) is 5.12. The van der Waals surface area contributed by atoms with Gasteiger partial charge in [-0.3, -0.25) is 4.79 Å². The largest absolute Gasteiger partial charge is 0.619 e. The third-order valence-electron chi connectivity index (χ3n) is 4.64. The minimum absolute atomic E-state index is 0.0155. The number of hydrogen-bond donors (Lipinski definition) is 1. The topological polar surface area (TPSA) is 63.0 Å². The molecule has 1 amide bonds. The van der Waals surface area contributed by atoms with E-state index in [4.69, 9.17) is 0 Å². The monoisotopic (exact) mass is 307 g/mol. The number of carbonyl (C=O) groups excluding carboxylic acids is 1. The van der Waals surface area contributed by atoms with Crippen LogP contribution in [0.25, 0.3) is 10.9 Å². The van der Waals surface area contributed by atoms with Crippen LogP contribution in [0.5, 0.6) is 0 Å². The minimum atomic E-state index is -0.0394. The number of nitrogens with one attached hydrogen (secondary N) is 1. The fourth-order valence-corrected chi connectivity index (χ4v) is 3.43. The van der Waals surface area contributed by atoms with Crippen molar-refractivity contribution in [2.75, 3.05) is 6.54 Å². The summed E-state index contributed by atoms with van der Waals surface area (Å²) in [5, 5.41) is 12.4. The standard InChI is InChI=1S/C18H17N3O2/c1-12-17-15(14-4-2-3-5-16(14)19-17)8-11-21(12)18(22)13-6-9-20(23)10-7-13/h2-7,9-10,12,19H,8,11H2,1H3/t12-/m0/s1. The lowest BCUT2D eigenvalue weighted by molar-refractivity contribution is -0.605. The molecule has 0 aliphatic carbocycles. The van der Waals surface area contributed by atoms with E-state index in [1.165, 1.54) is 23.3 Å². The number of hydrogen-bond acceptors (Lipinski definition) is 2. The molecule has 0 saturated heterocycles. The molecule has 116 valence electrons. The van der Waals surface area contributed by atoms with Crippen molar-refractivity contribution in [1.29, 1.82) is 0 Å². The van der Waals surface area contributed by atoms with Crippen LogP contribution in [0.3, 0.4) is 0 Å². The highest BCUT2D eigenvalue weighted by atomic mass is 16.5. The van der Waals surface area contributed by atoms with Gasteiger partial charge in [-0.1, -0.05) is 18.2 Å². The van der Waals surface area contributed by atoms with Crippen LogP contribution < -0.4 is 4.73 Å². The lowest BCUT2D eigenvalue weighted by Crippen LogP contribution is -2.39. The number of para-hydroxylation sites is 1. The van der Waals surface area contributed by atoms with Crippen molar-refractivity contribution in [1.82, 2.24) is 9.88 Å². The van der Waals surface area contributed by atoms with Gasteiger partial charge in [0.05, 0.1) is 11.6 Å². The maximum Gasteiger partial charge on any atom is 0.254 e. The molecule has 1 atom stereocenters. The van der Waals surface area contributed by atoms with Gasteiger partial charge in [-0.15, -0.1) is 0 Å². The molecule has 0 bridgehead atoms. The maximum absolute atomic E-state index is 12.7.